The number of hydrogen-bond acceptors (Lipinski definition) is 3. The third-order valence-corrected chi connectivity index (χ3v) is 8.06. The topological polar surface area (TPSA) is 35.2 Å². The van der Waals surface area contributed by atoms with Gasteiger partial charge in [0.2, 0.25) is 0 Å². The lowest BCUT2D eigenvalue weighted by molar-refractivity contribution is -0.0931. The van der Waals surface area contributed by atoms with Gasteiger partial charge in [0.1, 0.15) is 6.10 Å². The van der Waals surface area contributed by atoms with Gasteiger partial charge < -0.3 is 10.5 Å². The van der Waals surface area contributed by atoms with Crippen molar-refractivity contribution in [1.29, 1.82) is 0 Å². The number of halogens is 1. The Morgan fingerprint density at radius 2 is 2.10 bits per heavy atom. The third-order valence-electron chi connectivity index (χ3n) is 6.38. The van der Waals surface area contributed by atoms with Crippen LogP contribution in [0.1, 0.15) is 57.9 Å². The van der Waals surface area contributed by atoms with Crippen LogP contribution in [0.3, 0.4) is 0 Å². The molecule has 1 aromatic heterocycles. The Morgan fingerprint density at radius 3 is 2.52 bits per heavy atom. The Hall–Kier alpha value is 0.1000. The molecule has 2 N–H and O–H groups in total. The van der Waals surface area contributed by atoms with Crippen LogP contribution in [-0.2, 0) is 4.74 Å². The smallest absolute Gasteiger partial charge is 0.107 e. The van der Waals surface area contributed by atoms with Gasteiger partial charge in [-0.25, -0.2) is 0 Å². The molecule has 1 heterocycles. The summed E-state index contributed by atoms with van der Waals surface area (Å²) in [5.74, 6) is 0.802. The second kappa shape index (κ2) is 5.33. The highest BCUT2D eigenvalue weighted by Crippen LogP contribution is 2.66. The molecule has 0 spiro atoms. The van der Waals surface area contributed by atoms with E-state index in [2.05, 4.69) is 55.8 Å². The van der Waals surface area contributed by atoms with E-state index in [0.717, 1.165) is 9.70 Å². The van der Waals surface area contributed by atoms with Crippen LogP contribution in [0.25, 0.3) is 0 Å². The molecule has 5 atom stereocenters. The summed E-state index contributed by atoms with van der Waals surface area (Å²) < 4.78 is 7.75. The van der Waals surface area contributed by atoms with Crippen LogP contribution in [0, 0.1) is 16.7 Å². The Morgan fingerprint density at radius 1 is 1.38 bits per heavy atom. The number of ether oxygens (including phenoxy) is 1. The number of fused-ring (bicyclic) bond motifs is 2. The molecule has 2 aliphatic rings. The van der Waals surface area contributed by atoms with Gasteiger partial charge in [0.25, 0.3) is 0 Å². The van der Waals surface area contributed by atoms with E-state index >= 15 is 0 Å². The molecule has 3 rings (SSSR count). The van der Waals surface area contributed by atoms with Gasteiger partial charge in [-0.2, -0.15) is 0 Å². The van der Waals surface area contributed by atoms with Crippen LogP contribution in [-0.4, -0.2) is 12.1 Å². The summed E-state index contributed by atoms with van der Waals surface area (Å²) in [6, 6.07) is 4.25. The Labute approximate surface area is 140 Å². The Bertz CT molecular complexity index is 527. The number of thiophene rings is 1. The molecule has 2 saturated carbocycles. The SMILES string of the molecule is CC(N)C(OC1CC2CCC1(C)C2(C)C)c1ccc(Br)s1. The molecule has 0 amide bonds. The molecular weight excluding hydrogens is 346 g/mol. The van der Waals surface area contributed by atoms with E-state index in [9.17, 15) is 0 Å². The van der Waals surface area contributed by atoms with Crippen molar-refractivity contribution in [2.75, 3.05) is 0 Å². The molecule has 4 heteroatoms. The van der Waals surface area contributed by atoms with E-state index in [1.807, 2.05) is 0 Å². The van der Waals surface area contributed by atoms with Gasteiger partial charge >= 0.3 is 0 Å². The molecular formula is C17H26BrNOS. The molecule has 2 bridgehead atoms. The first-order valence-corrected chi connectivity index (χ1v) is 9.53. The molecule has 0 aromatic carbocycles. The summed E-state index contributed by atoms with van der Waals surface area (Å²) in [6.45, 7) is 9.33. The van der Waals surface area contributed by atoms with Crippen LogP contribution >= 0.6 is 27.3 Å². The lowest BCUT2D eigenvalue weighted by atomic mass is 9.70. The molecule has 0 radical (unpaired) electrons. The number of rotatable bonds is 4. The summed E-state index contributed by atoms with van der Waals surface area (Å²) in [7, 11) is 0. The largest absolute Gasteiger partial charge is 0.367 e. The summed E-state index contributed by atoms with van der Waals surface area (Å²) >= 11 is 5.28. The molecule has 21 heavy (non-hydrogen) atoms. The van der Waals surface area contributed by atoms with Crippen molar-refractivity contribution in [2.24, 2.45) is 22.5 Å². The van der Waals surface area contributed by atoms with Crippen LogP contribution in [0.5, 0.6) is 0 Å². The summed E-state index contributed by atoms with van der Waals surface area (Å²) in [4.78, 5) is 1.24. The Kier molecular flexibility index (Phi) is 4.05. The summed E-state index contributed by atoms with van der Waals surface area (Å²) in [6.07, 6.45) is 4.19. The van der Waals surface area contributed by atoms with Crippen molar-refractivity contribution >= 4 is 27.3 Å². The zero-order valence-corrected chi connectivity index (χ0v) is 15.8. The van der Waals surface area contributed by atoms with E-state index in [4.69, 9.17) is 10.5 Å². The first-order chi connectivity index (χ1) is 9.75. The average Bonchev–Trinajstić information content (AvgIpc) is 2.96. The van der Waals surface area contributed by atoms with E-state index in [0.29, 0.717) is 16.9 Å². The lowest BCUT2D eigenvalue weighted by Crippen LogP contribution is -2.40. The first-order valence-electron chi connectivity index (χ1n) is 7.92. The highest BCUT2D eigenvalue weighted by molar-refractivity contribution is 9.11. The van der Waals surface area contributed by atoms with Crippen molar-refractivity contribution in [2.45, 2.75) is 65.2 Å². The lowest BCUT2D eigenvalue weighted by Gasteiger charge is -2.40. The van der Waals surface area contributed by atoms with Crippen molar-refractivity contribution in [3.8, 4) is 0 Å². The molecule has 5 unspecified atom stereocenters. The van der Waals surface area contributed by atoms with Gasteiger partial charge in [-0.05, 0) is 71.0 Å². The van der Waals surface area contributed by atoms with Crippen molar-refractivity contribution in [3.05, 3.63) is 20.8 Å². The predicted octanol–water partition coefficient (Wildman–Crippen LogP) is 5.13. The predicted molar refractivity (Wildman–Crippen MR) is 92.5 cm³/mol. The summed E-state index contributed by atoms with van der Waals surface area (Å²) in [5.41, 5.74) is 6.91. The van der Waals surface area contributed by atoms with Gasteiger partial charge in [-0.15, -0.1) is 11.3 Å². The zero-order valence-electron chi connectivity index (χ0n) is 13.4. The molecule has 118 valence electrons. The van der Waals surface area contributed by atoms with Crippen LogP contribution in [0.4, 0.5) is 0 Å². The maximum Gasteiger partial charge on any atom is 0.107 e. The first kappa shape index (κ1) is 16.0. The standard InChI is InChI=1S/C17H26BrNOS/c1-10(19)15(12-5-6-14(18)21-12)20-13-9-11-7-8-17(13,4)16(11,2)3/h5-6,10-11,13,15H,7-9,19H2,1-4H3. The molecule has 2 aliphatic carbocycles. The van der Waals surface area contributed by atoms with E-state index in [1.165, 1.54) is 24.1 Å². The Balaban J connectivity index is 1.82. The fourth-order valence-corrected chi connectivity index (χ4v) is 6.02. The monoisotopic (exact) mass is 371 g/mol. The highest BCUT2D eigenvalue weighted by Gasteiger charge is 2.62. The normalized spacial score (nSPS) is 36.9. The van der Waals surface area contributed by atoms with Crippen LogP contribution in [0.2, 0.25) is 0 Å². The zero-order chi connectivity index (χ0) is 15.4. The maximum absolute atomic E-state index is 6.61. The molecule has 2 fully saturated rings. The molecule has 0 aliphatic heterocycles. The minimum atomic E-state index is 0.0123. The molecule has 0 saturated heterocycles. The van der Waals surface area contributed by atoms with Crippen LogP contribution < -0.4 is 5.73 Å². The van der Waals surface area contributed by atoms with Gasteiger partial charge in [-0.3, -0.25) is 0 Å². The average molecular weight is 372 g/mol. The highest BCUT2D eigenvalue weighted by atomic mass is 79.9. The minimum Gasteiger partial charge on any atom is -0.367 e. The number of nitrogens with two attached hydrogens (primary N) is 1. The maximum atomic E-state index is 6.61. The van der Waals surface area contributed by atoms with E-state index in [1.54, 1.807) is 11.3 Å². The second-order valence-corrected chi connectivity index (χ2v) is 10.2. The molecule has 1 aromatic rings. The van der Waals surface area contributed by atoms with Crippen molar-refractivity contribution in [1.82, 2.24) is 0 Å². The van der Waals surface area contributed by atoms with E-state index in [-0.39, 0.29) is 12.1 Å². The third kappa shape index (κ3) is 2.43. The molecule has 2 nitrogen and oxygen atoms in total. The van der Waals surface area contributed by atoms with Gasteiger partial charge in [0, 0.05) is 10.9 Å². The fourth-order valence-electron chi connectivity index (χ4n) is 4.44. The van der Waals surface area contributed by atoms with Gasteiger partial charge in [-0.1, -0.05) is 20.8 Å². The van der Waals surface area contributed by atoms with Gasteiger partial charge in [0.05, 0.1) is 9.89 Å². The minimum absolute atomic E-state index is 0.0123. The fraction of sp³-hybridized carbons (Fsp3) is 0.765. The second-order valence-electron chi connectivity index (χ2n) is 7.66. The van der Waals surface area contributed by atoms with Crippen molar-refractivity contribution < 1.29 is 4.74 Å². The van der Waals surface area contributed by atoms with Gasteiger partial charge in [0.15, 0.2) is 0 Å². The van der Waals surface area contributed by atoms with E-state index < -0.39 is 0 Å². The number of hydrogen-bond donors (Lipinski definition) is 1. The summed E-state index contributed by atoms with van der Waals surface area (Å²) in [5, 5.41) is 0. The van der Waals surface area contributed by atoms with Crippen LogP contribution in [0.15, 0.2) is 15.9 Å². The van der Waals surface area contributed by atoms with Crippen molar-refractivity contribution in [3.63, 3.8) is 0 Å². The quantitative estimate of drug-likeness (QED) is 0.795.